The third-order valence-corrected chi connectivity index (χ3v) is 5.63. The highest BCUT2D eigenvalue weighted by Crippen LogP contribution is 2.40. The van der Waals surface area contributed by atoms with Crippen molar-refractivity contribution in [3.8, 4) is 28.1 Å². The van der Waals surface area contributed by atoms with Crippen LogP contribution in [0.2, 0.25) is 0 Å². The van der Waals surface area contributed by atoms with Crippen molar-refractivity contribution < 1.29 is 14.3 Å². The maximum atomic E-state index is 13.1. The van der Waals surface area contributed by atoms with Crippen molar-refractivity contribution in [2.75, 3.05) is 32.7 Å². The number of hydrogen-bond acceptors (Lipinski definition) is 5. The molecule has 2 aromatic carbocycles. The molecule has 6 nitrogen and oxygen atoms in total. The fraction of sp³-hybridized carbons (Fsp3) is 0.231. The lowest BCUT2D eigenvalue weighted by Crippen LogP contribution is -2.09. The van der Waals surface area contributed by atoms with Crippen LogP contribution in [-0.4, -0.2) is 43.3 Å². The summed E-state index contributed by atoms with van der Waals surface area (Å²) in [7, 11) is 7.61. The second kappa shape index (κ2) is 11.3. The fourth-order valence-electron chi connectivity index (χ4n) is 4.04. The molecule has 0 N–H and O–H groups in total. The van der Waals surface area contributed by atoms with Crippen molar-refractivity contribution in [2.45, 2.75) is 6.92 Å². The lowest BCUT2D eigenvalue weighted by atomic mass is 10.0. The van der Waals surface area contributed by atoms with Crippen LogP contribution < -0.4 is 9.64 Å². The summed E-state index contributed by atoms with van der Waals surface area (Å²) >= 11 is 0. The first-order chi connectivity index (χ1) is 15.5. The van der Waals surface area contributed by atoms with Gasteiger partial charge in [0.15, 0.2) is 0 Å². The molecule has 0 amide bonds. The number of pyridine rings is 1. The molecule has 4 rings (SSSR count). The Kier molecular flexibility index (Phi) is 8.96. The number of carbonyl (C=O) groups is 1. The van der Waals surface area contributed by atoms with E-state index in [1.165, 1.54) is 0 Å². The molecule has 0 aliphatic heterocycles. The van der Waals surface area contributed by atoms with Gasteiger partial charge in [0.05, 0.1) is 30.5 Å². The Morgan fingerprint density at radius 2 is 1.76 bits per heavy atom. The number of aryl methyl sites for hydroxylation is 1. The Bertz CT molecular complexity index is 1270. The second-order valence-corrected chi connectivity index (χ2v) is 7.76. The van der Waals surface area contributed by atoms with E-state index in [0.29, 0.717) is 17.9 Å². The molecule has 0 aliphatic carbocycles. The highest BCUT2D eigenvalue weighted by Gasteiger charge is 2.25. The Morgan fingerprint density at radius 1 is 1.06 bits per heavy atom. The van der Waals surface area contributed by atoms with Gasteiger partial charge in [0.25, 0.3) is 0 Å². The zero-order valence-corrected chi connectivity index (χ0v) is 21.5. The van der Waals surface area contributed by atoms with Gasteiger partial charge in [0.2, 0.25) is 0 Å². The van der Waals surface area contributed by atoms with Crippen LogP contribution in [0.5, 0.6) is 5.75 Å². The van der Waals surface area contributed by atoms with Crippen LogP contribution in [0.15, 0.2) is 60.9 Å². The molecule has 0 radical (unpaired) electrons. The molecular weight excluding hydrogens is 473 g/mol. The highest BCUT2D eigenvalue weighted by molar-refractivity contribution is 6.12. The zero-order chi connectivity index (χ0) is 22.8. The molecule has 180 valence electrons. The highest BCUT2D eigenvalue weighted by atomic mass is 35.5. The molecule has 8 heteroatoms. The summed E-state index contributed by atoms with van der Waals surface area (Å²) in [4.78, 5) is 19.4. The number of benzene rings is 2. The normalized spacial score (nSPS) is 10.3. The van der Waals surface area contributed by atoms with E-state index in [4.69, 9.17) is 9.47 Å². The minimum atomic E-state index is -0.346. The maximum absolute atomic E-state index is 13.1. The SMILES string of the molecule is CCOC(=O)c1c(-c2ccc(N(C)C)cc2)n(C)c2cc(-c3cccnc3)c(OC)cc12.Cl.Cl. The molecule has 0 fully saturated rings. The van der Waals surface area contributed by atoms with Crippen LogP contribution >= 0.6 is 24.8 Å². The first-order valence-electron chi connectivity index (χ1n) is 10.5. The summed E-state index contributed by atoms with van der Waals surface area (Å²) in [5.41, 5.74) is 6.16. The van der Waals surface area contributed by atoms with Gasteiger partial charge in [-0.25, -0.2) is 4.79 Å². The van der Waals surface area contributed by atoms with Crippen LogP contribution in [0.3, 0.4) is 0 Å². The van der Waals surface area contributed by atoms with Crippen molar-refractivity contribution in [1.82, 2.24) is 9.55 Å². The van der Waals surface area contributed by atoms with Gasteiger partial charge in [-0.15, -0.1) is 24.8 Å². The maximum Gasteiger partial charge on any atom is 0.340 e. The molecule has 2 heterocycles. The standard InChI is InChI=1S/C26H27N3O3.2ClH/c1-6-32-26(30)24-21-15-23(31-5)20(18-8-7-13-27-16-18)14-22(21)29(4)25(24)17-9-11-19(12-10-17)28(2)3;;/h7-16H,6H2,1-5H3;2*1H. The van der Waals surface area contributed by atoms with E-state index in [2.05, 4.69) is 4.98 Å². The summed E-state index contributed by atoms with van der Waals surface area (Å²) in [5.74, 6) is 0.331. The fourth-order valence-corrected chi connectivity index (χ4v) is 4.04. The number of aromatic nitrogens is 2. The molecule has 2 aromatic heterocycles. The van der Waals surface area contributed by atoms with Crippen LogP contribution in [0.25, 0.3) is 33.3 Å². The van der Waals surface area contributed by atoms with Gasteiger partial charge < -0.3 is 18.9 Å². The number of nitrogens with zero attached hydrogens (tertiary/aromatic N) is 3. The van der Waals surface area contributed by atoms with Gasteiger partial charge in [-0.2, -0.15) is 0 Å². The van der Waals surface area contributed by atoms with E-state index in [1.807, 2.05) is 86.1 Å². The first-order valence-corrected chi connectivity index (χ1v) is 10.5. The number of fused-ring (bicyclic) bond motifs is 1. The number of methoxy groups -OCH3 is 1. The monoisotopic (exact) mass is 501 g/mol. The Labute approximate surface area is 212 Å². The summed E-state index contributed by atoms with van der Waals surface area (Å²) in [6.07, 6.45) is 3.55. The Morgan fingerprint density at radius 3 is 2.32 bits per heavy atom. The van der Waals surface area contributed by atoms with Crippen molar-refractivity contribution in [3.63, 3.8) is 0 Å². The number of carbonyl (C=O) groups excluding carboxylic acids is 1. The minimum absolute atomic E-state index is 0. The van der Waals surface area contributed by atoms with Crippen molar-refractivity contribution >= 4 is 47.4 Å². The molecule has 0 saturated carbocycles. The minimum Gasteiger partial charge on any atom is -0.496 e. The molecule has 0 aliphatic rings. The van der Waals surface area contributed by atoms with E-state index >= 15 is 0 Å². The van der Waals surface area contributed by atoms with Gasteiger partial charge in [0, 0.05) is 55.7 Å². The summed E-state index contributed by atoms with van der Waals surface area (Å²) in [5, 5.41) is 0.794. The summed E-state index contributed by atoms with van der Waals surface area (Å²) < 4.78 is 13.2. The number of anilines is 1. The van der Waals surface area contributed by atoms with Gasteiger partial charge >= 0.3 is 5.97 Å². The molecular formula is C26H29Cl2N3O3. The second-order valence-electron chi connectivity index (χ2n) is 7.76. The van der Waals surface area contributed by atoms with Crippen molar-refractivity contribution in [1.29, 1.82) is 0 Å². The zero-order valence-electron chi connectivity index (χ0n) is 19.9. The van der Waals surface area contributed by atoms with E-state index in [9.17, 15) is 4.79 Å². The number of rotatable bonds is 6. The molecule has 4 aromatic rings. The largest absolute Gasteiger partial charge is 0.496 e. The average molecular weight is 502 g/mol. The molecule has 0 spiro atoms. The topological polar surface area (TPSA) is 56.6 Å². The number of hydrogen-bond donors (Lipinski definition) is 0. The lowest BCUT2D eigenvalue weighted by molar-refractivity contribution is 0.0529. The number of esters is 1. The first kappa shape index (κ1) is 27.0. The lowest BCUT2D eigenvalue weighted by Gasteiger charge is -2.14. The predicted octanol–water partition coefficient (Wildman–Crippen LogP) is 6.00. The van der Waals surface area contributed by atoms with Gasteiger partial charge in [-0.1, -0.05) is 18.2 Å². The van der Waals surface area contributed by atoms with Crippen molar-refractivity contribution in [2.24, 2.45) is 7.05 Å². The Balaban J connectivity index is 0.00000204. The van der Waals surface area contributed by atoms with Gasteiger partial charge in [-0.3, -0.25) is 4.98 Å². The number of ether oxygens (including phenoxy) is 2. The van der Waals surface area contributed by atoms with Crippen LogP contribution in [0, 0.1) is 0 Å². The van der Waals surface area contributed by atoms with E-state index in [0.717, 1.165) is 39.0 Å². The van der Waals surface area contributed by atoms with E-state index in [-0.39, 0.29) is 30.8 Å². The van der Waals surface area contributed by atoms with Crippen LogP contribution in [0.1, 0.15) is 17.3 Å². The van der Waals surface area contributed by atoms with Gasteiger partial charge in [-0.05, 0) is 42.8 Å². The molecule has 0 bridgehead atoms. The Hall–Kier alpha value is -3.22. The smallest absolute Gasteiger partial charge is 0.340 e. The van der Waals surface area contributed by atoms with E-state index in [1.54, 1.807) is 19.5 Å². The number of halogens is 2. The van der Waals surface area contributed by atoms with Gasteiger partial charge in [0.1, 0.15) is 5.75 Å². The quantitative estimate of drug-likeness (QED) is 0.303. The van der Waals surface area contributed by atoms with E-state index < -0.39 is 0 Å². The molecule has 34 heavy (non-hydrogen) atoms. The predicted molar refractivity (Wildman–Crippen MR) is 143 cm³/mol. The summed E-state index contributed by atoms with van der Waals surface area (Å²) in [6.45, 7) is 2.12. The molecule has 0 unspecified atom stereocenters. The third kappa shape index (κ3) is 4.83. The average Bonchev–Trinajstić information content (AvgIpc) is 3.10. The van der Waals surface area contributed by atoms with Crippen molar-refractivity contribution in [3.05, 3.63) is 66.5 Å². The summed E-state index contributed by atoms with van der Waals surface area (Å²) in [6, 6.07) is 16.0. The van der Waals surface area contributed by atoms with Crippen LogP contribution in [0.4, 0.5) is 5.69 Å². The molecule has 0 saturated heterocycles. The third-order valence-electron chi connectivity index (χ3n) is 5.63. The molecule has 0 atom stereocenters. The van der Waals surface area contributed by atoms with Crippen LogP contribution in [-0.2, 0) is 11.8 Å².